The summed E-state index contributed by atoms with van der Waals surface area (Å²) in [6.07, 6.45) is -4.47. The van der Waals surface area contributed by atoms with Gasteiger partial charge in [0.1, 0.15) is 0 Å². The number of hydrogen-bond donors (Lipinski definition) is 0. The third kappa shape index (κ3) is 3.14. The standard InChI is InChI=1S/C16H19F3OSi/c1-15(16(17,18)19,20-21(2,3)4)14-11-7-9-12-8-5-6-10-13(12)14/h5-11H,1-4H3. The Hall–Kier alpha value is -1.33. The second kappa shape index (κ2) is 5.14. The molecule has 2 rings (SSSR count). The molecule has 0 spiro atoms. The summed E-state index contributed by atoms with van der Waals surface area (Å²) in [6.45, 7) is 6.43. The molecule has 1 unspecified atom stereocenters. The maximum absolute atomic E-state index is 13.7. The Labute approximate surface area is 123 Å². The molecule has 0 radical (unpaired) electrons. The fraction of sp³-hybridized carbons (Fsp3) is 0.375. The fourth-order valence-electron chi connectivity index (χ4n) is 2.52. The molecule has 1 atom stereocenters. The lowest BCUT2D eigenvalue weighted by Gasteiger charge is -2.38. The van der Waals surface area contributed by atoms with Crippen molar-refractivity contribution in [3.8, 4) is 0 Å². The molecule has 21 heavy (non-hydrogen) atoms. The summed E-state index contributed by atoms with van der Waals surface area (Å²) < 4.78 is 46.8. The lowest BCUT2D eigenvalue weighted by molar-refractivity contribution is -0.250. The minimum atomic E-state index is -4.47. The summed E-state index contributed by atoms with van der Waals surface area (Å²) in [5.74, 6) is 0. The van der Waals surface area contributed by atoms with E-state index in [1.165, 1.54) is 6.07 Å². The summed E-state index contributed by atoms with van der Waals surface area (Å²) in [4.78, 5) is 0. The predicted molar refractivity (Wildman–Crippen MR) is 81.8 cm³/mol. The van der Waals surface area contributed by atoms with E-state index in [1.807, 2.05) is 18.2 Å². The molecular formula is C16H19F3OSi. The number of alkyl halides is 3. The van der Waals surface area contributed by atoms with Crippen molar-refractivity contribution in [3.05, 3.63) is 48.0 Å². The monoisotopic (exact) mass is 312 g/mol. The van der Waals surface area contributed by atoms with Crippen molar-refractivity contribution in [1.29, 1.82) is 0 Å². The van der Waals surface area contributed by atoms with Gasteiger partial charge in [-0.15, -0.1) is 0 Å². The Morgan fingerprint density at radius 2 is 1.48 bits per heavy atom. The zero-order chi connectivity index (χ0) is 15.9. The molecule has 0 bridgehead atoms. The molecule has 0 aliphatic heterocycles. The van der Waals surface area contributed by atoms with Crippen molar-refractivity contribution >= 4 is 19.1 Å². The van der Waals surface area contributed by atoms with Crippen LogP contribution in [0.4, 0.5) is 13.2 Å². The third-order valence-electron chi connectivity index (χ3n) is 3.35. The molecule has 0 amide bonds. The van der Waals surface area contributed by atoms with Crippen molar-refractivity contribution in [1.82, 2.24) is 0 Å². The van der Waals surface area contributed by atoms with Crippen LogP contribution in [0.15, 0.2) is 42.5 Å². The van der Waals surface area contributed by atoms with Crippen LogP contribution in [0.3, 0.4) is 0 Å². The first-order valence-corrected chi connectivity index (χ1v) is 10.2. The number of rotatable bonds is 3. The maximum atomic E-state index is 13.7. The van der Waals surface area contributed by atoms with Gasteiger partial charge in [-0.25, -0.2) is 0 Å². The molecule has 5 heteroatoms. The highest BCUT2D eigenvalue weighted by atomic mass is 28.4. The molecule has 0 saturated carbocycles. The smallest absolute Gasteiger partial charge is 0.401 e. The summed E-state index contributed by atoms with van der Waals surface area (Å²) in [5.41, 5.74) is -2.12. The van der Waals surface area contributed by atoms with Crippen LogP contribution in [-0.2, 0) is 10.0 Å². The average molecular weight is 312 g/mol. The number of fused-ring (bicyclic) bond motifs is 1. The summed E-state index contributed by atoms with van der Waals surface area (Å²) in [5, 5.41) is 1.36. The second-order valence-electron chi connectivity index (χ2n) is 6.27. The van der Waals surface area contributed by atoms with Gasteiger partial charge < -0.3 is 4.43 Å². The average Bonchev–Trinajstić information content (AvgIpc) is 2.34. The number of benzene rings is 2. The largest absolute Gasteiger partial charge is 0.420 e. The van der Waals surface area contributed by atoms with Crippen molar-refractivity contribution < 1.29 is 17.6 Å². The zero-order valence-electron chi connectivity index (χ0n) is 12.6. The van der Waals surface area contributed by atoms with E-state index < -0.39 is 20.1 Å². The van der Waals surface area contributed by atoms with Gasteiger partial charge in [0.05, 0.1) is 0 Å². The Balaban J connectivity index is 2.71. The van der Waals surface area contributed by atoms with Gasteiger partial charge in [-0.05, 0) is 42.9 Å². The summed E-state index contributed by atoms with van der Waals surface area (Å²) >= 11 is 0. The zero-order valence-corrected chi connectivity index (χ0v) is 13.6. The SMILES string of the molecule is CC(O[Si](C)(C)C)(c1cccc2ccccc12)C(F)(F)F. The van der Waals surface area contributed by atoms with Gasteiger partial charge in [0.2, 0.25) is 0 Å². The van der Waals surface area contributed by atoms with Crippen molar-refractivity contribution in [2.45, 2.75) is 38.3 Å². The van der Waals surface area contributed by atoms with Crippen LogP contribution in [0.5, 0.6) is 0 Å². The molecule has 2 aromatic rings. The predicted octanol–water partition coefficient (Wildman–Crippen LogP) is 5.47. The fourth-order valence-corrected chi connectivity index (χ4v) is 3.97. The van der Waals surface area contributed by atoms with E-state index in [-0.39, 0.29) is 5.56 Å². The number of hydrogen-bond acceptors (Lipinski definition) is 1. The first-order valence-electron chi connectivity index (χ1n) is 6.80. The van der Waals surface area contributed by atoms with E-state index in [9.17, 15) is 13.2 Å². The van der Waals surface area contributed by atoms with Gasteiger partial charge in [0.15, 0.2) is 13.9 Å². The van der Waals surface area contributed by atoms with Gasteiger partial charge in [-0.3, -0.25) is 0 Å². The van der Waals surface area contributed by atoms with Gasteiger partial charge in [0.25, 0.3) is 0 Å². The van der Waals surface area contributed by atoms with Gasteiger partial charge in [0, 0.05) is 0 Å². The Kier molecular flexibility index (Phi) is 3.93. The molecule has 114 valence electrons. The molecule has 2 aromatic carbocycles. The van der Waals surface area contributed by atoms with Crippen molar-refractivity contribution in [3.63, 3.8) is 0 Å². The van der Waals surface area contributed by atoms with Crippen LogP contribution in [0.25, 0.3) is 10.8 Å². The molecule has 1 nitrogen and oxygen atoms in total. The van der Waals surface area contributed by atoms with Crippen LogP contribution < -0.4 is 0 Å². The molecule has 0 aliphatic rings. The third-order valence-corrected chi connectivity index (χ3v) is 4.38. The lowest BCUT2D eigenvalue weighted by Crippen LogP contribution is -2.48. The van der Waals surface area contributed by atoms with E-state index >= 15 is 0 Å². The van der Waals surface area contributed by atoms with Crippen LogP contribution in [0, 0.1) is 0 Å². The first-order chi connectivity index (χ1) is 9.55. The van der Waals surface area contributed by atoms with Crippen molar-refractivity contribution in [2.75, 3.05) is 0 Å². The maximum Gasteiger partial charge on any atom is 0.420 e. The molecular weight excluding hydrogens is 293 g/mol. The van der Waals surface area contributed by atoms with Gasteiger partial charge in [-0.1, -0.05) is 42.5 Å². The molecule has 0 heterocycles. The van der Waals surface area contributed by atoms with Gasteiger partial charge in [-0.2, -0.15) is 13.2 Å². The van der Waals surface area contributed by atoms with Crippen LogP contribution in [0.1, 0.15) is 12.5 Å². The Morgan fingerprint density at radius 3 is 2.05 bits per heavy atom. The van der Waals surface area contributed by atoms with E-state index in [1.54, 1.807) is 37.8 Å². The molecule has 0 N–H and O–H groups in total. The van der Waals surface area contributed by atoms with Crippen LogP contribution >= 0.6 is 0 Å². The number of halogens is 3. The minimum Gasteiger partial charge on any atom is -0.401 e. The van der Waals surface area contributed by atoms with E-state index in [0.717, 1.165) is 12.3 Å². The van der Waals surface area contributed by atoms with Gasteiger partial charge >= 0.3 is 6.18 Å². The topological polar surface area (TPSA) is 9.23 Å². The quantitative estimate of drug-likeness (QED) is 0.683. The summed E-state index contributed by atoms with van der Waals surface area (Å²) in [7, 11) is -2.39. The minimum absolute atomic E-state index is 0.176. The first kappa shape index (κ1) is 16.0. The second-order valence-corrected chi connectivity index (χ2v) is 10.7. The summed E-state index contributed by atoms with van der Waals surface area (Å²) in [6, 6.07) is 12.1. The molecule has 0 fully saturated rings. The van der Waals surface area contributed by atoms with Crippen LogP contribution in [-0.4, -0.2) is 14.5 Å². The Morgan fingerprint density at radius 1 is 0.905 bits per heavy atom. The molecule has 0 aliphatic carbocycles. The highest BCUT2D eigenvalue weighted by Crippen LogP contribution is 2.45. The lowest BCUT2D eigenvalue weighted by atomic mass is 9.90. The molecule has 0 aromatic heterocycles. The van der Waals surface area contributed by atoms with E-state index in [4.69, 9.17) is 4.43 Å². The van der Waals surface area contributed by atoms with E-state index in [2.05, 4.69) is 0 Å². The molecule has 0 saturated heterocycles. The highest BCUT2D eigenvalue weighted by molar-refractivity contribution is 6.69. The van der Waals surface area contributed by atoms with Crippen molar-refractivity contribution in [2.24, 2.45) is 0 Å². The van der Waals surface area contributed by atoms with E-state index in [0.29, 0.717) is 5.39 Å². The van der Waals surface area contributed by atoms with Crippen LogP contribution in [0.2, 0.25) is 19.6 Å². The normalized spacial score (nSPS) is 16.0. The Bertz CT molecular complexity index is 640. The highest BCUT2D eigenvalue weighted by Gasteiger charge is 2.55.